The second-order valence-corrected chi connectivity index (χ2v) is 10.2. The largest absolute Gasteiger partial charge is 0.512 e. The summed E-state index contributed by atoms with van der Waals surface area (Å²) >= 11 is 1.60. The number of benzene rings is 2. The van der Waals surface area contributed by atoms with E-state index < -0.39 is 36.0 Å². The Balaban J connectivity index is 1.52. The Hall–Kier alpha value is -3.42. The Bertz CT molecular complexity index is 1200. The zero-order valence-corrected chi connectivity index (χ0v) is 20.9. The van der Waals surface area contributed by atoms with E-state index in [2.05, 4.69) is 0 Å². The van der Waals surface area contributed by atoms with Gasteiger partial charge in [0.2, 0.25) is 0 Å². The van der Waals surface area contributed by atoms with E-state index in [-0.39, 0.29) is 18.6 Å². The van der Waals surface area contributed by atoms with Crippen LogP contribution in [0.4, 0.5) is 0 Å². The molecule has 1 fully saturated rings. The smallest absolute Gasteiger partial charge is 0.338 e. The van der Waals surface area contributed by atoms with Gasteiger partial charge in [-0.1, -0.05) is 48.5 Å². The molecule has 1 aliphatic rings. The van der Waals surface area contributed by atoms with Gasteiger partial charge in [0.25, 0.3) is 0 Å². The average molecular weight is 507 g/mol. The SMILES string of the molecule is CC(=C(O)CCc1cccs1)[C@@H]1[C@@H](CC(=O)O)[C@@H](O)C[C@@H]1OC(=O)c1ccc(-c2ccccc2)cc1. The van der Waals surface area contributed by atoms with Crippen LogP contribution in [0.25, 0.3) is 11.1 Å². The molecule has 6 nitrogen and oxygen atoms in total. The van der Waals surface area contributed by atoms with Crippen LogP contribution in [0.5, 0.6) is 0 Å². The van der Waals surface area contributed by atoms with Crippen molar-refractivity contribution in [2.75, 3.05) is 0 Å². The molecule has 188 valence electrons. The second kappa shape index (κ2) is 11.5. The number of rotatable bonds is 9. The first kappa shape index (κ1) is 25.7. The highest BCUT2D eigenvalue weighted by Gasteiger charge is 2.47. The summed E-state index contributed by atoms with van der Waals surface area (Å²) in [6.45, 7) is 1.73. The highest BCUT2D eigenvalue weighted by molar-refractivity contribution is 7.09. The predicted octanol–water partition coefficient (Wildman–Crippen LogP) is 5.88. The van der Waals surface area contributed by atoms with Crippen molar-refractivity contribution in [3.63, 3.8) is 0 Å². The van der Waals surface area contributed by atoms with Gasteiger partial charge in [-0.3, -0.25) is 4.79 Å². The standard InChI is InChI=1S/C29H30O6S/c1-18(24(30)14-13-22-8-5-15-36-22)28-23(16-27(32)33)25(31)17-26(28)35-29(34)21-11-9-20(10-12-21)19-6-3-2-4-7-19/h2-12,15,23,25-26,28,30-31H,13-14,16-17H2,1H3,(H,32,33)/t23-,25-,26-,28+/m0/s1. The minimum absolute atomic E-state index is 0.117. The number of aliphatic hydroxyl groups is 2. The van der Waals surface area contributed by atoms with E-state index in [4.69, 9.17) is 4.74 Å². The molecule has 3 N–H and O–H groups in total. The van der Waals surface area contributed by atoms with Crippen molar-refractivity contribution in [1.82, 2.24) is 0 Å². The van der Waals surface area contributed by atoms with E-state index >= 15 is 0 Å². The molecule has 0 unspecified atom stereocenters. The van der Waals surface area contributed by atoms with Crippen LogP contribution in [0.2, 0.25) is 0 Å². The van der Waals surface area contributed by atoms with Gasteiger partial charge in [0, 0.05) is 29.6 Å². The van der Waals surface area contributed by atoms with Crippen molar-refractivity contribution in [3.05, 3.63) is 93.9 Å². The van der Waals surface area contributed by atoms with Crippen LogP contribution in [0, 0.1) is 11.8 Å². The summed E-state index contributed by atoms with van der Waals surface area (Å²) in [6, 6.07) is 20.8. The average Bonchev–Trinajstić information content (AvgIpc) is 3.50. The molecule has 7 heteroatoms. The van der Waals surface area contributed by atoms with Crippen molar-refractivity contribution in [2.24, 2.45) is 11.8 Å². The molecule has 1 aromatic heterocycles. The van der Waals surface area contributed by atoms with E-state index in [0.717, 1.165) is 16.0 Å². The van der Waals surface area contributed by atoms with Gasteiger partial charge in [0.15, 0.2) is 0 Å². The van der Waals surface area contributed by atoms with E-state index in [1.165, 1.54) is 0 Å². The first-order valence-corrected chi connectivity index (χ1v) is 12.9. The number of hydrogen-bond acceptors (Lipinski definition) is 6. The van der Waals surface area contributed by atoms with E-state index in [1.807, 2.05) is 60.0 Å². The fourth-order valence-corrected chi connectivity index (χ4v) is 5.69. The molecule has 4 atom stereocenters. The van der Waals surface area contributed by atoms with Crippen molar-refractivity contribution >= 4 is 23.3 Å². The van der Waals surface area contributed by atoms with Crippen molar-refractivity contribution in [2.45, 2.75) is 44.8 Å². The number of allylic oxidation sites excluding steroid dienone is 1. The summed E-state index contributed by atoms with van der Waals surface area (Å²) in [6.07, 6.45) is -0.815. The Morgan fingerprint density at radius 1 is 0.972 bits per heavy atom. The molecule has 0 spiro atoms. The van der Waals surface area contributed by atoms with Gasteiger partial charge in [-0.15, -0.1) is 11.3 Å². The van der Waals surface area contributed by atoms with Gasteiger partial charge in [0.05, 0.1) is 23.8 Å². The van der Waals surface area contributed by atoms with Gasteiger partial charge in [-0.25, -0.2) is 4.79 Å². The lowest BCUT2D eigenvalue weighted by Crippen LogP contribution is -2.29. The number of hydrogen-bond donors (Lipinski definition) is 3. The molecule has 0 saturated heterocycles. The minimum Gasteiger partial charge on any atom is -0.512 e. The first-order valence-electron chi connectivity index (χ1n) is 12.0. The molecular formula is C29H30O6S. The zero-order chi connectivity index (χ0) is 25.7. The Morgan fingerprint density at radius 2 is 1.67 bits per heavy atom. The summed E-state index contributed by atoms with van der Waals surface area (Å²) < 4.78 is 5.82. The molecule has 0 bridgehead atoms. The van der Waals surface area contributed by atoms with E-state index in [1.54, 1.807) is 30.4 Å². The second-order valence-electron chi connectivity index (χ2n) is 9.19. The van der Waals surface area contributed by atoms with Crippen LogP contribution in [-0.2, 0) is 16.0 Å². The topological polar surface area (TPSA) is 104 Å². The van der Waals surface area contributed by atoms with E-state index in [0.29, 0.717) is 24.0 Å². The third-order valence-corrected chi connectivity index (χ3v) is 7.81. The van der Waals surface area contributed by atoms with Gasteiger partial charge < -0.3 is 20.1 Å². The van der Waals surface area contributed by atoms with Crippen LogP contribution < -0.4 is 0 Å². The third-order valence-electron chi connectivity index (χ3n) is 6.87. The fraction of sp³-hybridized carbons (Fsp3) is 0.310. The zero-order valence-electron chi connectivity index (χ0n) is 20.0. The number of aliphatic carboxylic acids is 1. The molecule has 2 aromatic carbocycles. The van der Waals surface area contributed by atoms with Crippen LogP contribution >= 0.6 is 11.3 Å². The highest BCUT2D eigenvalue weighted by Crippen LogP contribution is 2.42. The van der Waals surface area contributed by atoms with Crippen LogP contribution in [0.3, 0.4) is 0 Å². The lowest BCUT2D eigenvalue weighted by molar-refractivity contribution is -0.139. The molecule has 4 rings (SSSR count). The fourth-order valence-electron chi connectivity index (χ4n) is 4.98. The number of aliphatic hydroxyl groups excluding tert-OH is 2. The molecule has 0 radical (unpaired) electrons. The summed E-state index contributed by atoms with van der Waals surface area (Å²) in [5.74, 6) is -2.69. The van der Waals surface area contributed by atoms with Crippen molar-refractivity contribution in [1.29, 1.82) is 0 Å². The Morgan fingerprint density at radius 3 is 2.31 bits per heavy atom. The highest BCUT2D eigenvalue weighted by atomic mass is 32.1. The quantitative estimate of drug-likeness (QED) is 0.247. The number of thiophene rings is 1. The summed E-state index contributed by atoms with van der Waals surface area (Å²) in [5.41, 5.74) is 2.93. The number of aryl methyl sites for hydroxylation is 1. The van der Waals surface area contributed by atoms with E-state index in [9.17, 15) is 24.9 Å². The molecule has 1 heterocycles. The number of carboxylic acids is 1. The summed E-state index contributed by atoms with van der Waals surface area (Å²) in [7, 11) is 0. The number of carbonyl (C=O) groups excluding carboxylic acids is 1. The van der Waals surface area contributed by atoms with Gasteiger partial charge in [-0.05, 0) is 53.6 Å². The summed E-state index contributed by atoms with van der Waals surface area (Å²) in [4.78, 5) is 25.7. The van der Waals surface area contributed by atoms with Crippen molar-refractivity contribution in [3.8, 4) is 11.1 Å². The predicted molar refractivity (Wildman–Crippen MR) is 139 cm³/mol. The third kappa shape index (κ3) is 6.04. The molecule has 1 aliphatic carbocycles. The van der Waals surface area contributed by atoms with Crippen LogP contribution in [0.15, 0.2) is 83.4 Å². The Kier molecular flexibility index (Phi) is 8.23. The molecular weight excluding hydrogens is 476 g/mol. The van der Waals surface area contributed by atoms with Gasteiger partial charge in [0.1, 0.15) is 6.10 Å². The molecule has 36 heavy (non-hydrogen) atoms. The lowest BCUT2D eigenvalue weighted by atomic mass is 9.84. The molecule has 0 aliphatic heterocycles. The minimum atomic E-state index is -1.04. The monoisotopic (exact) mass is 506 g/mol. The normalized spacial score (nSPS) is 22.2. The van der Waals surface area contributed by atoms with Crippen molar-refractivity contribution < 1.29 is 29.6 Å². The van der Waals surface area contributed by atoms with Crippen LogP contribution in [-0.4, -0.2) is 39.5 Å². The maximum absolute atomic E-state index is 13.0. The number of carboxylic acid groups (broad SMARTS) is 1. The molecule has 3 aromatic rings. The van der Waals surface area contributed by atoms with Gasteiger partial charge in [-0.2, -0.15) is 0 Å². The maximum Gasteiger partial charge on any atom is 0.338 e. The number of esters is 1. The molecule has 1 saturated carbocycles. The maximum atomic E-state index is 13.0. The summed E-state index contributed by atoms with van der Waals surface area (Å²) in [5, 5.41) is 32.9. The van der Waals surface area contributed by atoms with Gasteiger partial charge >= 0.3 is 11.9 Å². The first-order chi connectivity index (χ1) is 17.3. The molecule has 0 amide bonds. The number of carbonyl (C=O) groups is 2. The lowest BCUT2D eigenvalue weighted by Gasteiger charge is -2.26. The number of ether oxygens (including phenoxy) is 1. The Labute approximate surface area is 214 Å². The van der Waals surface area contributed by atoms with Crippen LogP contribution in [0.1, 0.15) is 41.4 Å².